The minimum atomic E-state index is -4.84. The van der Waals surface area contributed by atoms with Crippen LogP contribution in [0.1, 0.15) is 104 Å². The molecule has 5 aromatic rings. The fourth-order valence-corrected chi connectivity index (χ4v) is 11.1. The van der Waals surface area contributed by atoms with Gasteiger partial charge in [-0.3, -0.25) is 48.2 Å². The number of halogens is 1. The molecule has 0 bridgehead atoms. The second kappa shape index (κ2) is 27.8. The summed E-state index contributed by atoms with van der Waals surface area (Å²) in [7, 11) is -4.84. The van der Waals surface area contributed by atoms with Gasteiger partial charge in [0.15, 0.2) is 5.78 Å². The number of carbonyl (C=O) groups excluding carboxylic acids is 8. The van der Waals surface area contributed by atoms with Gasteiger partial charge in [0.2, 0.25) is 23.6 Å². The van der Waals surface area contributed by atoms with Crippen LogP contribution < -0.4 is 31.1 Å². The molecule has 2 aliphatic heterocycles. The summed E-state index contributed by atoms with van der Waals surface area (Å²) in [5.41, 5.74) is 10.4. The number of ketones is 2. The number of carbonyl (C=O) groups is 8. The molecule has 22 heteroatoms. The van der Waals surface area contributed by atoms with E-state index in [-0.39, 0.29) is 102 Å². The summed E-state index contributed by atoms with van der Waals surface area (Å²) in [6, 6.07) is 22.2. The van der Waals surface area contributed by atoms with Crippen LogP contribution >= 0.6 is 31.2 Å². The number of nitrogens with two attached hydrogens (primary N) is 1. The quantitative estimate of drug-likeness (QED) is 0.0130. The number of nitrogens with one attached hydrogen (secondary N) is 4. The van der Waals surface area contributed by atoms with E-state index < -0.39 is 19.9 Å². The lowest BCUT2D eigenvalue weighted by atomic mass is 9.89. The highest BCUT2D eigenvalue weighted by molar-refractivity contribution is 8.00. The molecule has 7 amide bonds. The monoisotopic (exact) mass is 1130 g/mol. The van der Waals surface area contributed by atoms with Crippen molar-refractivity contribution >= 4 is 106 Å². The number of hydrogen-bond acceptors (Lipinski definition) is 11. The molecule has 0 aliphatic carbocycles. The fraction of sp³-hybridized carbons (Fsp3) is 0.429. The lowest BCUT2D eigenvalue weighted by Crippen LogP contribution is -2.46. The number of primary amides is 1. The number of fused-ring (bicyclic) bond motifs is 4. The summed E-state index contributed by atoms with van der Waals surface area (Å²) in [6.45, 7) is 8.64. The van der Waals surface area contributed by atoms with E-state index in [1.807, 2.05) is 75.4 Å². The number of benzene rings is 4. The maximum absolute atomic E-state index is 13.6. The number of hydrogen-bond donors (Lipinski definition) is 7. The van der Waals surface area contributed by atoms with E-state index in [1.165, 1.54) is 29.7 Å². The third kappa shape index (κ3) is 16.5. The van der Waals surface area contributed by atoms with Crippen LogP contribution in [0.3, 0.4) is 0 Å². The van der Waals surface area contributed by atoms with Gasteiger partial charge in [-0.25, -0.2) is 9.36 Å². The molecule has 1 unspecified atom stereocenters. The van der Waals surface area contributed by atoms with E-state index in [1.54, 1.807) is 29.4 Å². The molecule has 8 N–H and O–H groups in total. The smallest absolute Gasteiger partial charge is 0.404 e. The van der Waals surface area contributed by atoms with Crippen LogP contribution in [0.25, 0.3) is 21.7 Å². The van der Waals surface area contributed by atoms with Gasteiger partial charge >= 0.3 is 13.9 Å². The molecule has 4 aromatic carbocycles. The number of phosphoric acid groups is 1. The average Bonchev–Trinajstić information content (AvgIpc) is 4.23. The summed E-state index contributed by atoms with van der Waals surface area (Å²) in [5.74, 6) is -1.37. The van der Waals surface area contributed by atoms with Crippen molar-refractivity contribution in [3.8, 4) is 5.75 Å². The Morgan fingerprint density at radius 2 is 1.58 bits per heavy atom. The fourth-order valence-electron chi connectivity index (χ4n) is 9.79. The van der Waals surface area contributed by atoms with Gasteiger partial charge in [-0.2, -0.15) is 11.8 Å². The Hall–Kier alpha value is -6.57. The first-order chi connectivity index (χ1) is 37.1. The first kappa shape index (κ1) is 60.7. The van der Waals surface area contributed by atoms with E-state index in [0.29, 0.717) is 74.9 Å². The lowest BCUT2D eigenvalue weighted by molar-refractivity contribution is -0.138. The van der Waals surface area contributed by atoms with Gasteiger partial charge in [0.25, 0.3) is 5.91 Å². The highest BCUT2D eigenvalue weighted by Gasteiger charge is 2.38. The number of thioether (sulfide) groups is 1. The Bertz CT molecular complexity index is 3070. The Balaban J connectivity index is 0.000000257. The molecule has 3 heterocycles. The molecule has 1 saturated heterocycles. The highest BCUT2D eigenvalue weighted by atomic mass is 35.5. The van der Waals surface area contributed by atoms with Gasteiger partial charge in [0.05, 0.1) is 17.0 Å². The van der Waals surface area contributed by atoms with Crippen molar-refractivity contribution in [3.63, 3.8) is 0 Å². The lowest BCUT2D eigenvalue weighted by Gasteiger charge is -2.24. The van der Waals surface area contributed by atoms with Crippen LogP contribution in [-0.4, -0.2) is 116 Å². The second-order valence-corrected chi connectivity index (χ2v) is 22.6. The van der Waals surface area contributed by atoms with Crippen molar-refractivity contribution < 1.29 is 57.2 Å². The van der Waals surface area contributed by atoms with Crippen molar-refractivity contribution in [2.24, 2.45) is 17.6 Å². The van der Waals surface area contributed by atoms with E-state index >= 15 is 0 Å². The standard InChI is InChI=1S/C31H47N5O6S.C25H22ClN2O6P/c1-20(2)23(8-5-15-33-27(38)10-7-17-36-28(39)19-26(43-4)30(36)41)29(40)35-24(9-6-16-34-31(32)42)25(37)18-22-13-11-21(3)12-14-22;1-14(29)8-15-6-7-20-16(9-15)10-21(27-20)25(30)28-13-17(12-26)24-19-5-3-2-4-18(19)23(11-22(24)28)34-35(31,32)33/h11-14,20,23-24,26H,5-10,15-19H2,1-4H3,(H,33,38)(H,35,40)(H3,32,34,42);2-7,9-11,17,27H,8,12-13H2,1H3,(H2,31,32,33)/t23-,24-,26?;17-/m01/s1. The topological polar surface area (TPSA) is 288 Å². The molecule has 7 rings (SSSR count). The van der Waals surface area contributed by atoms with Gasteiger partial charge in [-0.05, 0) is 98.4 Å². The van der Waals surface area contributed by atoms with Crippen LogP contribution in [0.2, 0.25) is 0 Å². The first-order valence-corrected chi connectivity index (χ1v) is 29.3. The Morgan fingerprint density at radius 1 is 0.897 bits per heavy atom. The Morgan fingerprint density at radius 3 is 2.22 bits per heavy atom. The number of phosphoric ester groups is 1. The van der Waals surface area contributed by atoms with Crippen molar-refractivity contribution in [1.82, 2.24) is 25.8 Å². The van der Waals surface area contributed by atoms with E-state index in [4.69, 9.17) is 21.9 Å². The average molecular weight is 1130 g/mol. The molecule has 1 aromatic heterocycles. The van der Waals surface area contributed by atoms with Gasteiger partial charge in [-0.1, -0.05) is 74.0 Å². The number of nitrogens with zero attached hydrogens (tertiary/aromatic N) is 2. The SMILES string of the molecule is CC(=O)Cc1ccc2[nH]c(C(=O)N3C[C@@H](CCl)c4c3cc(OP(=O)(O)O)c3ccccc43)cc2c1.CSC1CC(=O)N(CCCC(=O)NCCC[C@H](C(=O)N[C@@H](CCCNC(N)=O)C(=O)Cc2ccc(C)cc2)C(C)C)C1=O. The summed E-state index contributed by atoms with van der Waals surface area (Å²) >= 11 is 7.66. The molecule has 78 heavy (non-hydrogen) atoms. The maximum Gasteiger partial charge on any atom is 0.524 e. The zero-order chi connectivity index (χ0) is 56.8. The molecule has 19 nitrogen and oxygen atoms in total. The van der Waals surface area contributed by atoms with Crippen molar-refractivity contribution in [2.75, 3.05) is 43.2 Å². The molecule has 2 aliphatic rings. The number of H-pyrrole nitrogens is 1. The minimum absolute atomic E-state index is 0.00812. The molecular weight excluding hydrogens is 1060 g/mol. The number of alkyl halides is 1. The molecule has 418 valence electrons. The summed E-state index contributed by atoms with van der Waals surface area (Å²) in [6.07, 6.45) is 5.06. The number of aromatic nitrogens is 1. The van der Waals surface area contributed by atoms with Crippen molar-refractivity contribution in [3.05, 3.63) is 107 Å². The van der Waals surface area contributed by atoms with Crippen LogP contribution in [0, 0.1) is 18.8 Å². The van der Waals surface area contributed by atoms with E-state index in [2.05, 4.69) is 20.9 Å². The third-order valence-electron chi connectivity index (χ3n) is 13.7. The number of aryl methyl sites for hydroxylation is 1. The number of imide groups is 1. The first-order valence-electron chi connectivity index (χ1n) is 25.9. The molecular formula is C56H69ClN7O12PS. The number of rotatable bonds is 25. The molecule has 0 spiro atoms. The predicted octanol–water partition coefficient (Wildman–Crippen LogP) is 7.39. The number of aromatic amines is 1. The minimum Gasteiger partial charge on any atom is -0.404 e. The van der Waals surface area contributed by atoms with E-state index in [0.717, 1.165) is 38.5 Å². The number of Topliss-reactive ketones (excluding diaryl/α,β-unsaturated/α-hetero) is 2. The predicted molar refractivity (Wildman–Crippen MR) is 302 cm³/mol. The molecule has 4 atom stereocenters. The third-order valence-corrected chi connectivity index (χ3v) is 15.5. The van der Waals surface area contributed by atoms with Crippen LogP contribution in [0.4, 0.5) is 10.5 Å². The summed E-state index contributed by atoms with van der Waals surface area (Å²) in [5, 5.41) is 10.1. The van der Waals surface area contributed by atoms with Crippen LogP contribution in [0.15, 0.2) is 78.9 Å². The highest BCUT2D eigenvalue weighted by Crippen LogP contribution is 2.49. The number of amides is 7. The number of anilines is 1. The van der Waals surface area contributed by atoms with Crippen molar-refractivity contribution in [1.29, 1.82) is 0 Å². The van der Waals surface area contributed by atoms with Gasteiger partial charge < -0.3 is 36.1 Å². The Kier molecular flexibility index (Phi) is 21.6. The number of urea groups is 1. The normalized spacial score (nSPS) is 15.9. The Labute approximate surface area is 462 Å². The zero-order valence-corrected chi connectivity index (χ0v) is 46.9. The molecule has 1 fully saturated rings. The second-order valence-electron chi connectivity index (χ2n) is 20.1. The maximum atomic E-state index is 13.6. The summed E-state index contributed by atoms with van der Waals surface area (Å²) < 4.78 is 16.6. The zero-order valence-electron chi connectivity index (χ0n) is 44.5. The molecule has 0 radical (unpaired) electrons. The van der Waals surface area contributed by atoms with Gasteiger partial charge in [0.1, 0.15) is 17.2 Å². The van der Waals surface area contributed by atoms with Gasteiger partial charge in [-0.15, -0.1) is 11.6 Å². The van der Waals surface area contributed by atoms with E-state index in [9.17, 15) is 52.7 Å². The largest absolute Gasteiger partial charge is 0.524 e. The van der Waals surface area contributed by atoms with Crippen LogP contribution in [0.5, 0.6) is 5.75 Å². The number of likely N-dealkylation sites (tertiary alicyclic amines) is 1. The summed E-state index contributed by atoms with van der Waals surface area (Å²) in [4.78, 5) is 124. The molecule has 0 saturated carbocycles. The van der Waals surface area contributed by atoms with Gasteiger partial charge in [0, 0.05) is 91.9 Å². The van der Waals surface area contributed by atoms with Crippen LogP contribution in [-0.2, 0) is 46.2 Å². The van der Waals surface area contributed by atoms with Crippen molar-refractivity contribution in [2.45, 2.75) is 103 Å².